The maximum absolute atomic E-state index is 11.9. The first-order valence-corrected chi connectivity index (χ1v) is 10.8. The molecule has 3 N–H and O–H groups in total. The van der Waals surface area contributed by atoms with E-state index in [1.807, 2.05) is 36.4 Å². The number of hydrazone groups is 1. The van der Waals surface area contributed by atoms with Gasteiger partial charge in [-0.3, -0.25) is 4.79 Å². The van der Waals surface area contributed by atoms with Gasteiger partial charge in [-0.2, -0.15) is 5.10 Å². The maximum atomic E-state index is 11.9. The van der Waals surface area contributed by atoms with Crippen LogP contribution >= 0.6 is 11.3 Å². The first kappa shape index (κ1) is 22.2. The van der Waals surface area contributed by atoms with Gasteiger partial charge < -0.3 is 15.2 Å². The van der Waals surface area contributed by atoms with Crippen LogP contribution in [0.5, 0.6) is 11.5 Å². The summed E-state index contributed by atoms with van der Waals surface area (Å²) in [5, 5.41) is 12.4. The van der Waals surface area contributed by atoms with Crippen molar-refractivity contribution in [3.63, 3.8) is 0 Å². The summed E-state index contributed by atoms with van der Waals surface area (Å²) in [6.07, 6.45) is 3.38. The number of hydrogen-bond donors (Lipinski definition) is 2. The number of benzene rings is 2. The molecule has 1 heterocycles. The maximum Gasteiger partial charge on any atom is 0.247 e. The van der Waals surface area contributed by atoms with Gasteiger partial charge in [-0.25, -0.2) is 5.43 Å². The highest BCUT2D eigenvalue weighted by atomic mass is 32.1. The molecule has 0 fully saturated rings. The van der Waals surface area contributed by atoms with Gasteiger partial charge in [0.05, 0.1) is 25.8 Å². The second-order valence-electron chi connectivity index (χ2n) is 6.59. The average Bonchev–Trinajstić information content (AvgIpc) is 3.19. The van der Waals surface area contributed by atoms with Crippen LogP contribution in [0, 0.1) is 0 Å². The average molecular weight is 440 g/mol. The van der Waals surface area contributed by atoms with Crippen molar-refractivity contribution in [2.24, 2.45) is 5.10 Å². The Kier molecular flexibility index (Phi) is 8.36. The molecule has 9 heteroatoms. The summed E-state index contributed by atoms with van der Waals surface area (Å²) in [6.45, 7) is 3.19. The number of para-hydroxylation sites is 1. The van der Waals surface area contributed by atoms with Gasteiger partial charge in [0.2, 0.25) is 11.0 Å². The first-order chi connectivity index (χ1) is 15.1. The number of carbonyl (C=O) groups is 1. The van der Waals surface area contributed by atoms with E-state index in [1.165, 1.54) is 16.9 Å². The standard InChI is InChI=1S/C22H25N5O3S/c1-2-16-8-10-18(11-9-16)29-12-5-13-30-19-7-4-3-6-17(19)15-24-25-20(28)14-21-26-27-22(23)31-21/h3-4,6-11,15H,2,5,12-14H2,1H3,(H2,23,27)(H,25,28). The molecule has 0 aliphatic carbocycles. The lowest BCUT2D eigenvalue weighted by molar-refractivity contribution is -0.120. The monoisotopic (exact) mass is 439 g/mol. The molecule has 8 nitrogen and oxygen atoms in total. The SMILES string of the molecule is CCc1ccc(OCCCOc2ccccc2C=NNC(=O)Cc2nnc(N)s2)cc1. The van der Waals surface area contributed by atoms with Gasteiger partial charge in [0.25, 0.3) is 0 Å². The third-order valence-electron chi connectivity index (χ3n) is 4.25. The molecule has 0 unspecified atom stereocenters. The molecule has 0 aliphatic rings. The number of nitrogen functional groups attached to an aromatic ring is 1. The van der Waals surface area contributed by atoms with Crippen LogP contribution in [0.25, 0.3) is 0 Å². The fraction of sp³-hybridized carbons (Fsp3) is 0.273. The van der Waals surface area contributed by atoms with Crippen LogP contribution in [0.4, 0.5) is 5.13 Å². The molecule has 0 aliphatic heterocycles. The fourth-order valence-electron chi connectivity index (χ4n) is 2.66. The normalized spacial score (nSPS) is 10.9. The van der Waals surface area contributed by atoms with Gasteiger partial charge in [0.1, 0.15) is 16.5 Å². The van der Waals surface area contributed by atoms with Crippen molar-refractivity contribution in [1.29, 1.82) is 0 Å². The third kappa shape index (κ3) is 7.38. The lowest BCUT2D eigenvalue weighted by atomic mass is 10.2. The van der Waals surface area contributed by atoms with E-state index in [4.69, 9.17) is 15.2 Å². The van der Waals surface area contributed by atoms with E-state index in [0.29, 0.717) is 29.1 Å². The van der Waals surface area contributed by atoms with E-state index in [1.54, 1.807) is 6.21 Å². The molecule has 0 saturated carbocycles. The smallest absolute Gasteiger partial charge is 0.247 e. The minimum absolute atomic E-state index is 0.0749. The van der Waals surface area contributed by atoms with Crippen molar-refractivity contribution < 1.29 is 14.3 Å². The molecular weight excluding hydrogens is 414 g/mol. The lowest BCUT2D eigenvalue weighted by Gasteiger charge is -2.10. The molecule has 0 radical (unpaired) electrons. The van der Waals surface area contributed by atoms with E-state index in [-0.39, 0.29) is 12.3 Å². The van der Waals surface area contributed by atoms with Gasteiger partial charge in [0.15, 0.2) is 0 Å². The number of aromatic nitrogens is 2. The Hall–Kier alpha value is -3.46. The van der Waals surface area contributed by atoms with Crippen molar-refractivity contribution in [1.82, 2.24) is 15.6 Å². The highest BCUT2D eigenvalue weighted by Gasteiger charge is 2.07. The molecule has 0 bridgehead atoms. The van der Waals surface area contributed by atoms with E-state index < -0.39 is 0 Å². The zero-order chi connectivity index (χ0) is 21.9. The second-order valence-corrected chi connectivity index (χ2v) is 7.68. The summed E-state index contributed by atoms with van der Waals surface area (Å²) < 4.78 is 11.6. The molecule has 3 aromatic rings. The topological polar surface area (TPSA) is 112 Å². The number of hydrogen-bond acceptors (Lipinski definition) is 8. The summed E-state index contributed by atoms with van der Waals surface area (Å²) >= 11 is 1.17. The van der Waals surface area contributed by atoms with Crippen molar-refractivity contribution in [2.75, 3.05) is 18.9 Å². The number of aryl methyl sites for hydroxylation is 1. The number of nitrogens with one attached hydrogen (secondary N) is 1. The Bertz CT molecular complexity index is 1000. The van der Waals surface area contributed by atoms with Crippen molar-refractivity contribution in [2.45, 2.75) is 26.2 Å². The van der Waals surface area contributed by atoms with Crippen LogP contribution in [0.3, 0.4) is 0 Å². The highest BCUT2D eigenvalue weighted by molar-refractivity contribution is 7.15. The lowest BCUT2D eigenvalue weighted by Crippen LogP contribution is -2.19. The molecular formula is C22H25N5O3S. The Morgan fingerprint density at radius 2 is 1.90 bits per heavy atom. The number of amides is 1. The minimum Gasteiger partial charge on any atom is -0.493 e. The van der Waals surface area contributed by atoms with Gasteiger partial charge in [-0.1, -0.05) is 42.5 Å². The van der Waals surface area contributed by atoms with E-state index >= 15 is 0 Å². The fourth-order valence-corrected chi connectivity index (χ4v) is 3.27. The predicted octanol–water partition coefficient (Wildman–Crippen LogP) is 3.22. The quantitative estimate of drug-likeness (QED) is 0.270. The molecule has 0 spiro atoms. The number of nitrogens with zero attached hydrogens (tertiary/aromatic N) is 3. The number of rotatable bonds is 11. The molecule has 162 valence electrons. The summed E-state index contributed by atoms with van der Waals surface area (Å²) in [5.74, 6) is 1.25. The van der Waals surface area contributed by atoms with Crippen molar-refractivity contribution in [3.8, 4) is 11.5 Å². The summed E-state index contributed by atoms with van der Waals surface area (Å²) in [6, 6.07) is 15.6. The molecule has 0 saturated heterocycles. The van der Waals surface area contributed by atoms with Crippen LogP contribution in [0.1, 0.15) is 29.5 Å². The Balaban J connectivity index is 1.41. The summed E-state index contributed by atoms with van der Waals surface area (Å²) in [7, 11) is 0. The largest absolute Gasteiger partial charge is 0.493 e. The number of nitrogens with two attached hydrogens (primary N) is 1. The van der Waals surface area contributed by atoms with Crippen molar-refractivity contribution >= 4 is 28.6 Å². The Labute approximate surface area is 185 Å². The van der Waals surface area contributed by atoms with Gasteiger partial charge in [0, 0.05) is 12.0 Å². The Morgan fingerprint density at radius 1 is 1.13 bits per heavy atom. The van der Waals surface area contributed by atoms with Crippen LogP contribution in [0.15, 0.2) is 53.6 Å². The van der Waals surface area contributed by atoms with E-state index in [0.717, 1.165) is 24.2 Å². The van der Waals surface area contributed by atoms with Gasteiger partial charge in [-0.05, 0) is 36.2 Å². The molecule has 0 atom stereocenters. The van der Waals surface area contributed by atoms with Crippen LogP contribution in [-0.4, -0.2) is 35.5 Å². The van der Waals surface area contributed by atoms with Crippen molar-refractivity contribution in [3.05, 3.63) is 64.7 Å². The van der Waals surface area contributed by atoms with E-state index in [2.05, 4.69) is 39.8 Å². The molecule has 31 heavy (non-hydrogen) atoms. The number of ether oxygens (including phenoxy) is 2. The first-order valence-electron chi connectivity index (χ1n) is 9.97. The van der Waals surface area contributed by atoms with Gasteiger partial charge >= 0.3 is 0 Å². The van der Waals surface area contributed by atoms with Gasteiger partial charge in [-0.15, -0.1) is 10.2 Å². The molecule has 3 rings (SSSR count). The highest BCUT2D eigenvalue weighted by Crippen LogP contribution is 2.17. The van der Waals surface area contributed by atoms with Crippen LogP contribution in [0.2, 0.25) is 0 Å². The predicted molar refractivity (Wildman–Crippen MR) is 122 cm³/mol. The summed E-state index contributed by atoms with van der Waals surface area (Å²) in [4.78, 5) is 11.9. The zero-order valence-corrected chi connectivity index (χ0v) is 18.1. The van der Waals surface area contributed by atoms with Crippen LogP contribution < -0.4 is 20.6 Å². The van der Waals surface area contributed by atoms with Crippen LogP contribution in [-0.2, 0) is 17.6 Å². The number of carbonyl (C=O) groups excluding carboxylic acids is 1. The molecule has 1 aromatic heterocycles. The van der Waals surface area contributed by atoms with E-state index in [9.17, 15) is 4.79 Å². The minimum atomic E-state index is -0.296. The second kappa shape index (κ2) is 11.7. The number of anilines is 1. The Morgan fingerprint density at radius 3 is 2.65 bits per heavy atom. The molecule has 2 aromatic carbocycles. The zero-order valence-electron chi connectivity index (χ0n) is 17.3. The third-order valence-corrected chi connectivity index (χ3v) is 5.01. The molecule has 1 amide bonds. The summed E-state index contributed by atoms with van der Waals surface area (Å²) in [5.41, 5.74) is 10.0.